The second-order valence-corrected chi connectivity index (χ2v) is 10.5. The molecule has 0 aliphatic carbocycles. The Morgan fingerprint density at radius 1 is 0.852 bits per heavy atom. The molecular formula is C23H21NO2Si. The lowest BCUT2D eigenvalue weighted by atomic mass is 10.1. The fourth-order valence-corrected chi connectivity index (χ4v) is 7.38. The predicted molar refractivity (Wildman–Crippen MR) is 112 cm³/mol. The Morgan fingerprint density at radius 3 is 2.00 bits per heavy atom. The standard InChI is InChI=1S/C23H21NO2Si/c1-26-23(25)19-13-14-22-18(17-19)15-16-24(22)27(2,20-9-5-3-6-10-20)21-11-7-4-8-12-21/h3-17H,1-2H3. The van der Waals surface area contributed by atoms with E-state index in [1.165, 1.54) is 17.5 Å². The van der Waals surface area contributed by atoms with Crippen LogP contribution in [0.3, 0.4) is 0 Å². The number of carbonyl (C=O) groups is 1. The largest absolute Gasteiger partial charge is 0.465 e. The van der Waals surface area contributed by atoms with Crippen molar-refractivity contribution in [1.82, 2.24) is 4.23 Å². The molecule has 0 atom stereocenters. The monoisotopic (exact) mass is 371 g/mol. The van der Waals surface area contributed by atoms with Gasteiger partial charge in [0.05, 0.1) is 12.7 Å². The summed E-state index contributed by atoms with van der Waals surface area (Å²) in [6.45, 7) is 2.37. The zero-order valence-corrected chi connectivity index (χ0v) is 16.4. The minimum absolute atomic E-state index is 0.309. The first-order valence-electron chi connectivity index (χ1n) is 8.95. The summed E-state index contributed by atoms with van der Waals surface area (Å²) in [6.07, 6.45) is 2.15. The molecular weight excluding hydrogens is 350 g/mol. The van der Waals surface area contributed by atoms with Crippen LogP contribution in [0, 0.1) is 0 Å². The Balaban J connectivity index is 1.95. The first-order chi connectivity index (χ1) is 13.1. The molecule has 0 aliphatic rings. The molecule has 0 aliphatic heterocycles. The third-order valence-corrected chi connectivity index (χ3v) is 9.53. The summed E-state index contributed by atoms with van der Waals surface area (Å²) in [5, 5.41) is 3.72. The van der Waals surface area contributed by atoms with E-state index < -0.39 is 8.24 Å². The molecule has 3 aromatic carbocycles. The zero-order valence-electron chi connectivity index (χ0n) is 15.4. The molecule has 0 radical (unpaired) electrons. The average Bonchev–Trinajstić information content (AvgIpc) is 3.17. The van der Waals surface area contributed by atoms with Crippen LogP contribution in [0.2, 0.25) is 6.55 Å². The highest BCUT2D eigenvalue weighted by Gasteiger charge is 2.35. The van der Waals surface area contributed by atoms with Gasteiger partial charge in [-0.25, -0.2) is 4.79 Å². The second-order valence-electron chi connectivity index (χ2n) is 6.76. The Hall–Kier alpha value is -3.11. The van der Waals surface area contributed by atoms with Gasteiger partial charge in [-0.2, -0.15) is 0 Å². The van der Waals surface area contributed by atoms with Crippen molar-refractivity contribution in [1.29, 1.82) is 0 Å². The second kappa shape index (κ2) is 6.89. The average molecular weight is 372 g/mol. The van der Waals surface area contributed by atoms with Crippen LogP contribution in [-0.4, -0.2) is 25.5 Å². The molecule has 4 heteroatoms. The molecule has 1 heterocycles. The van der Waals surface area contributed by atoms with Crippen LogP contribution in [-0.2, 0) is 4.74 Å². The normalized spacial score (nSPS) is 11.5. The zero-order chi connectivity index (χ0) is 18.9. The summed E-state index contributed by atoms with van der Waals surface area (Å²) >= 11 is 0. The highest BCUT2D eigenvalue weighted by Crippen LogP contribution is 2.22. The Labute approximate surface area is 159 Å². The number of nitrogens with zero attached hydrogens (tertiary/aromatic N) is 1. The maximum atomic E-state index is 11.9. The minimum atomic E-state index is -2.24. The van der Waals surface area contributed by atoms with E-state index in [9.17, 15) is 4.79 Å². The Bertz CT molecular complexity index is 1050. The van der Waals surface area contributed by atoms with Crippen LogP contribution < -0.4 is 10.4 Å². The first kappa shape index (κ1) is 17.3. The fourth-order valence-electron chi connectivity index (χ4n) is 3.75. The molecule has 0 saturated carbocycles. The molecule has 0 amide bonds. The maximum Gasteiger partial charge on any atom is 0.337 e. The van der Waals surface area contributed by atoms with Crippen molar-refractivity contribution in [2.45, 2.75) is 6.55 Å². The number of hydrogen-bond donors (Lipinski definition) is 0. The molecule has 4 rings (SSSR count). The number of ether oxygens (including phenoxy) is 1. The van der Waals surface area contributed by atoms with Gasteiger partial charge >= 0.3 is 5.97 Å². The number of aromatic nitrogens is 1. The lowest BCUT2D eigenvalue weighted by Crippen LogP contribution is -2.61. The molecule has 0 saturated heterocycles. The van der Waals surface area contributed by atoms with Gasteiger partial charge in [0.25, 0.3) is 0 Å². The maximum absolute atomic E-state index is 11.9. The van der Waals surface area contributed by atoms with E-state index in [2.05, 4.69) is 83.7 Å². The van der Waals surface area contributed by atoms with E-state index in [-0.39, 0.29) is 5.97 Å². The summed E-state index contributed by atoms with van der Waals surface area (Å²) in [5.74, 6) is -0.309. The van der Waals surface area contributed by atoms with Crippen molar-refractivity contribution in [3.63, 3.8) is 0 Å². The summed E-state index contributed by atoms with van der Waals surface area (Å²) in [6, 6.07) is 29.2. The number of carbonyl (C=O) groups excluding carboxylic acids is 1. The van der Waals surface area contributed by atoms with E-state index in [1.807, 2.05) is 18.2 Å². The van der Waals surface area contributed by atoms with Gasteiger partial charge in [0.1, 0.15) is 0 Å². The molecule has 27 heavy (non-hydrogen) atoms. The Morgan fingerprint density at radius 2 is 1.44 bits per heavy atom. The van der Waals surface area contributed by atoms with Crippen LogP contribution in [0.5, 0.6) is 0 Å². The number of rotatable bonds is 4. The van der Waals surface area contributed by atoms with E-state index in [1.54, 1.807) is 0 Å². The summed E-state index contributed by atoms with van der Waals surface area (Å²) < 4.78 is 7.27. The van der Waals surface area contributed by atoms with E-state index in [0.717, 1.165) is 10.9 Å². The molecule has 0 unspecified atom stereocenters. The third-order valence-electron chi connectivity index (χ3n) is 5.26. The predicted octanol–water partition coefficient (Wildman–Crippen LogP) is 3.67. The highest BCUT2D eigenvalue weighted by molar-refractivity contribution is 7.00. The van der Waals surface area contributed by atoms with E-state index >= 15 is 0 Å². The molecule has 0 bridgehead atoms. The van der Waals surface area contributed by atoms with Gasteiger partial charge in [-0.3, -0.25) is 0 Å². The summed E-state index contributed by atoms with van der Waals surface area (Å²) in [4.78, 5) is 11.9. The van der Waals surface area contributed by atoms with Gasteiger partial charge in [0.2, 0.25) is 8.24 Å². The van der Waals surface area contributed by atoms with Gasteiger partial charge in [-0.15, -0.1) is 0 Å². The van der Waals surface area contributed by atoms with Crippen molar-refractivity contribution >= 4 is 35.5 Å². The number of methoxy groups -OCH3 is 1. The quantitative estimate of drug-likeness (QED) is 0.405. The Kier molecular flexibility index (Phi) is 4.42. The highest BCUT2D eigenvalue weighted by atomic mass is 28.3. The van der Waals surface area contributed by atoms with Crippen molar-refractivity contribution < 1.29 is 9.53 Å². The minimum Gasteiger partial charge on any atom is -0.465 e. The first-order valence-corrected chi connectivity index (χ1v) is 11.4. The molecule has 134 valence electrons. The van der Waals surface area contributed by atoms with Crippen molar-refractivity contribution in [2.75, 3.05) is 7.11 Å². The summed E-state index contributed by atoms with van der Waals surface area (Å²) in [7, 11) is -0.833. The number of benzene rings is 3. The van der Waals surface area contributed by atoms with Crippen LogP contribution >= 0.6 is 0 Å². The smallest absolute Gasteiger partial charge is 0.337 e. The van der Waals surface area contributed by atoms with Crippen LogP contribution in [0.15, 0.2) is 91.1 Å². The topological polar surface area (TPSA) is 31.2 Å². The molecule has 3 nitrogen and oxygen atoms in total. The van der Waals surface area contributed by atoms with Gasteiger partial charge < -0.3 is 8.97 Å². The van der Waals surface area contributed by atoms with Crippen LogP contribution in [0.25, 0.3) is 10.9 Å². The fraction of sp³-hybridized carbons (Fsp3) is 0.0870. The number of fused-ring (bicyclic) bond motifs is 1. The molecule has 4 aromatic rings. The van der Waals surface area contributed by atoms with Crippen molar-refractivity contribution in [3.05, 3.63) is 96.7 Å². The number of hydrogen-bond acceptors (Lipinski definition) is 2. The number of esters is 1. The summed E-state index contributed by atoms with van der Waals surface area (Å²) in [5.41, 5.74) is 1.70. The van der Waals surface area contributed by atoms with Gasteiger partial charge in [0, 0.05) is 5.52 Å². The van der Waals surface area contributed by atoms with Crippen molar-refractivity contribution in [2.24, 2.45) is 0 Å². The van der Waals surface area contributed by atoms with Gasteiger partial charge in [-0.05, 0) is 52.8 Å². The van der Waals surface area contributed by atoms with Crippen LogP contribution in [0.1, 0.15) is 10.4 Å². The lowest BCUT2D eigenvalue weighted by molar-refractivity contribution is 0.0601. The molecule has 1 aromatic heterocycles. The van der Waals surface area contributed by atoms with Crippen molar-refractivity contribution in [3.8, 4) is 0 Å². The van der Waals surface area contributed by atoms with E-state index in [0.29, 0.717) is 5.56 Å². The van der Waals surface area contributed by atoms with E-state index in [4.69, 9.17) is 4.74 Å². The van der Waals surface area contributed by atoms with Crippen LogP contribution in [0.4, 0.5) is 0 Å². The molecule has 0 fully saturated rings. The molecule has 0 spiro atoms. The molecule has 0 N–H and O–H groups in total. The lowest BCUT2D eigenvalue weighted by Gasteiger charge is -2.31. The third kappa shape index (κ3) is 2.88. The van der Waals surface area contributed by atoms with Gasteiger partial charge in [0.15, 0.2) is 0 Å². The van der Waals surface area contributed by atoms with Gasteiger partial charge in [-0.1, -0.05) is 60.7 Å². The SMILES string of the molecule is COC(=O)c1ccc2c(ccn2[Si](C)(c2ccccc2)c2ccccc2)c1.